The molecule has 0 radical (unpaired) electrons. The van der Waals surface area contributed by atoms with Gasteiger partial charge in [0.15, 0.2) is 0 Å². The molecule has 0 aliphatic carbocycles. The highest BCUT2D eigenvalue weighted by Gasteiger charge is 2.23. The molecule has 33 heavy (non-hydrogen) atoms. The molecule has 0 saturated carbocycles. The molecule has 2 heterocycles. The number of fused-ring (bicyclic) bond motifs is 1. The number of amides is 1. The number of carbonyl (C=O) groups excluding carboxylic acids is 1. The van der Waals surface area contributed by atoms with E-state index in [4.69, 9.17) is 4.74 Å². The number of methoxy groups -OCH3 is 1. The molecule has 1 aliphatic rings. The second-order valence-electron chi connectivity index (χ2n) is 8.33. The summed E-state index contributed by atoms with van der Waals surface area (Å²) in [5.74, 6) is -0.108. The number of carbonyl (C=O) groups is 1. The van der Waals surface area contributed by atoms with Crippen LogP contribution in [0.5, 0.6) is 0 Å². The Bertz CT molecular complexity index is 1210. The summed E-state index contributed by atoms with van der Waals surface area (Å²) in [5, 5.41) is 0.440. The van der Waals surface area contributed by atoms with Crippen LogP contribution in [-0.4, -0.2) is 64.7 Å². The average molecular weight is 451 g/mol. The van der Waals surface area contributed by atoms with Gasteiger partial charge in [-0.3, -0.25) is 23.6 Å². The molecular weight excluding hydrogens is 420 g/mol. The molecular formula is C25H30N4O4. The van der Waals surface area contributed by atoms with Crippen molar-refractivity contribution in [3.63, 3.8) is 0 Å². The minimum absolute atomic E-state index is 0.0808. The van der Waals surface area contributed by atoms with Gasteiger partial charge in [-0.25, -0.2) is 4.79 Å². The van der Waals surface area contributed by atoms with Crippen LogP contribution in [0.1, 0.15) is 12.0 Å². The second kappa shape index (κ2) is 10.6. The first-order valence-corrected chi connectivity index (χ1v) is 11.3. The van der Waals surface area contributed by atoms with Gasteiger partial charge in [0.05, 0.1) is 10.9 Å². The van der Waals surface area contributed by atoms with Crippen molar-refractivity contribution in [3.8, 4) is 0 Å². The smallest absolute Gasteiger partial charge is 0.331 e. The van der Waals surface area contributed by atoms with E-state index < -0.39 is 5.69 Å². The highest BCUT2D eigenvalue weighted by atomic mass is 16.5. The molecule has 4 rings (SSSR count). The second-order valence-corrected chi connectivity index (χ2v) is 8.33. The maximum absolute atomic E-state index is 13.2. The van der Waals surface area contributed by atoms with E-state index in [0.717, 1.165) is 19.6 Å². The van der Waals surface area contributed by atoms with Crippen LogP contribution in [-0.2, 0) is 29.2 Å². The van der Waals surface area contributed by atoms with Crippen molar-refractivity contribution < 1.29 is 9.53 Å². The van der Waals surface area contributed by atoms with Crippen LogP contribution in [0.15, 0.2) is 64.2 Å². The Morgan fingerprint density at radius 3 is 2.33 bits per heavy atom. The molecule has 3 aromatic rings. The largest absolute Gasteiger partial charge is 0.385 e. The summed E-state index contributed by atoms with van der Waals surface area (Å²) >= 11 is 0. The zero-order valence-corrected chi connectivity index (χ0v) is 19.0. The lowest BCUT2D eigenvalue weighted by atomic mass is 10.2. The minimum Gasteiger partial charge on any atom is -0.385 e. The van der Waals surface area contributed by atoms with Gasteiger partial charge in [0.2, 0.25) is 5.91 Å². The minimum atomic E-state index is -0.453. The van der Waals surface area contributed by atoms with Crippen molar-refractivity contribution in [2.45, 2.75) is 26.1 Å². The molecule has 0 unspecified atom stereocenters. The Kier molecular flexibility index (Phi) is 7.36. The van der Waals surface area contributed by atoms with Crippen LogP contribution >= 0.6 is 0 Å². The Morgan fingerprint density at radius 2 is 1.61 bits per heavy atom. The van der Waals surface area contributed by atoms with E-state index >= 15 is 0 Å². The van der Waals surface area contributed by atoms with E-state index in [9.17, 15) is 14.4 Å². The monoisotopic (exact) mass is 450 g/mol. The summed E-state index contributed by atoms with van der Waals surface area (Å²) in [7, 11) is 1.58. The zero-order chi connectivity index (χ0) is 23.2. The molecule has 8 nitrogen and oxygen atoms in total. The van der Waals surface area contributed by atoms with Gasteiger partial charge in [0.1, 0.15) is 6.54 Å². The molecule has 0 spiro atoms. The maximum Gasteiger partial charge on any atom is 0.331 e. The van der Waals surface area contributed by atoms with E-state index in [0.29, 0.717) is 37.0 Å². The van der Waals surface area contributed by atoms with Gasteiger partial charge in [0.25, 0.3) is 5.56 Å². The van der Waals surface area contributed by atoms with E-state index in [1.807, 2.05) is 23.1 Å². The number of hydrogen-bond acceptors (Lipinski definition) is 5. The fraction of sp³-hybridized carbons (Fsp3) is 0.400. The number of piperazine rings is 1. The van der Waals surface area contributed by atoms with Gasteiger partial charge in [0, 0.05) is 53.0 Å². The van der Waals surface area contributed by atoms with Crippen LogP contribution < -0.4 is 11.2 Å². The molecule has 0 atom stereocenters. The van der Waals surface area contributed by atoms with E-state index in [2.05, 4.69) is 17.0 Å². The topological polar surface area (TPSA) is 76.8 Å². The number of benzene rings is 2. The number of nitrogens with zero attached hydrogens (tertiary/aromatic N) is 4. The molecule has 0 bridgehead atoms. The van der Waals surface area contributed by atoms with Crippen molar-refractivity contribution in [2.75, 3.05) is 39.9 Å². The lowest BCUT2D eigenvalue weighted by molar-refractivity contribution is -0.133. The van der Waals surface area contributed by atoms with Crippen LogP contribution in [0.2, 0.25) is 0 Å². The Hall–Kier alpha value is -3.23. The quantitative estimate of drug-likeness (QED) is 0.487. The number of aromatic nitrogens is 2. The first-order chi connectivity index (χ1) is 16.1. The lowest BCUT2D eigenvalue weighted by Crippen LogP contribution is -2.50. The van der Waals surface area contributed by atoms with E-state index in [1.165, 1.54) is 14.7 Å². The lowest BCUT2D eigenvalue weighted by Gasteiger charge is -2.35. The standard InChI is InChI=1S/C25H30N4O4/c1-33-17-7-12-28-24(31)21-10-5-6-11-22(21)29(25(28)32)19-23(30)27-15-13-26(14-16-27)18-20-8-3-2-4-9-20/h2-6,8-11H,7,12-19H2,1H3. The predicted molar refractivity (Wildman–Crippen MR) is 127 cm³/mol. The van der Waals surface area contributed by atoms with E-state index in [-0.39, 0.29) is 24.6 Å². The van der Waals surface area contributed by atoms with Crippen LogP contribution in [0.25, 0.3) is 10.9 Å². The van der Waals surface area contributed by atoms with Crippen LogP contribution in [0, 0.1) is 0 Å². The maximum atomic E-state index is 13.2. The fourth-order valence-electron chi connectivity index (χ4n) is 4.32. The van der Waals surface area contributed by atoms with E-state index in [1.54, 1.807) is 31.4 Å². The SMILES string of the molecule is COCCCn1c(=O)c2ccccc2n(CC(=O)N2CCN(Cc3ccccc3)CC2)c1=O. The highest BCUT2D eigenvalue weighted by molar-refractivity contribution is 5.81. The Labute approximate surface area is 192 Å². The van der Waals surface area contributed by atoms with Gasteiger partial charge in [-0.05, 0) is 24.1 Å². The number of ether oxygens (including phenoxy) is 1. The van der Waals surface area contributed by atoms with Gasteiger partial charge < -0.3 is 9.64 Å². The first-order valence-electron chi connectivity index (χ1n) is 11.3. The first kappa shape index (κ1) is 22.9. The van der Waals surface area contributed by atoms with Crippen molar-refractivity contribution in [2.24, 2.45) is 0 Å². The van der Waals surface area contributed by atoms with Crippen molar-refractivity contribution in [3.05, 3.63) is 81.0 Å². The van der Waals surface area contributed by atoms with Crippen LogP contribution in [0.4, 0.5) is 0 Å². The number of rotatable bonds is 8. The third kappa shape index (κ3) is 5.23. The highest BCUT2D eigenvalue weighted by Crippen LogP contribution is 2.11. The van der Waals surface area contributed by atoms with Gasteiger partial charge in [-0.1, -0.05) is 42.5 Å². The summed E-state index contributed by atoms with van der Waals surface area (Å²) < 4.78 is 7.71. The number of para-hydroxylation sites is 1. The summed E-state index contributed by atoms with van der Waals surface area (Å²) in [6.07, 6.45) is 0.543. The average Bonchev–Trinajstić information content (AvgIpc) is 2.85. The summed E-state index contributed by atoms with van der Waals surface area (Å²) in [6, 6.07) is 17.3. The molecule has 1 fully saturated rings. The molecule has 0 N–H and O–H groups in total. The predicted octanol–water partition coefficient (Wildman–Crippen LogP) is 1.54. The van der Waals surface area contributed by atoms with Gasteiger partial charge >= 0.3 is 5.69 Å². The molecule has 8 heteroatoms. The third-order valence-electron chi connectivity index (χ3n) is 6.13. The molecule has 1 aromatic heterocycles. The molecule has 2 aromatic carbocycles. The normalized spacial score (nSPS) is 14.6. The third-order valence-corrected chi connectivity index (χ3v) is 6.13. The van der Waals surface area contributed by atoms with Crippen LogP contribution in [0.3, 0.4) is 0 Å². The van der Waals surface area contributed by atoms with Gasteiger partial charge in [-0.15, -0.1) is 0 Å². The van der Waals surface area contributed by atoms with Gasteiger partial charge in [-0.2, -0.15) is 0 Å². The molecule has 174 valence electrons. The molecule has 1 aliphatic heterocycles. The van der Waals surface area contributed by atoms with Crippen molar-refractivity contribution in [1.29, 1.82) is 0 Å². The summed E-state index contributed by atoms with van der Waals surface area (Å²) in [4.78, 5) is 43.3. The summed E-state index contributed by atoms with van der Waals surface area (Å²) in [6.45, 7) is 4.28. The summed E-state index contributed by atoms with van der Waals surface area (Å²) in [5.41, 5.74) is 0.966. The van der Waals surface area contributed by atoms with Crippen molar-refractivity contribution in [1.82, 2.24) is 18.9 Å². The Balaban J connectivity index is 1.50. The molecule has 1 amide bonds. The fourth-order valence-corrected chi connectivity index (χ4v) is 4.32. The molecule has 1 saturated heterocycles. The Morgan fingerprint density at radius 1 is 0.909 bits per heavy atom. The van der Waals surface area contributed by atoms with Crippen molar-refractivity contribution >= 4 is 16.8 Å². The number of hydrogen-bond donors (Lipinski definition) is 0. The zero-order valence-electron chi connectivity index (χ0n) is 19.0.